The number of para-hydroxylation sites is 1. The van der Waals surface area contributed by atoms with Crippen LogP contribution in [0.1, 0.15) is 19.3 Å². The first-order chi connectivity index (χ1) is 10.8. The third-order valence-electron chi connectivity index (χ3n) is 3.88. The molecule has 0 saturated carbocycles. The molecule has 2 aromatic rings. The molecule has 0 aliphatic carbocycles. The summed E-state index contributed by atoms with van der Waals surface area (Å²) >= 11 is 5.34. The van der Waals surface area contributed by atoms with Crippen molar-refractivity contribution < 1.29 is 0 Å². The first-order valence-electron chi connectivity index (χ1n) is 7.79. The predicted molar refractivity (Wildman–Crippen MR) is 98.8 cm³/mol. The van der Waals surface area contributed by atoms with E-state index < -0.39 is 0 Å². The minimum absolute atomic E-state index is 0.608. The van der Waals surface area contributed by atoms with Crippen LogP contribution >= 0.6 is 12.2 Å². The molecule has 0 atom stereocenters. The number of piperidine rings is 1. The highest BCUT2D eigenvalue weighted by Crippen LogP contribution is 2.21. The summed E-state index contributed by atoms with van der Waals surface area (Å²) in [5.74, 6) is 0. The summed E-state index contributed by atoms with van der Waals surface area (Å²) in [4.78, 5) is 2.45. The average molecular weight is 311 g/mol. The van der Waals surface area contributed by atoms with Gasteiger partial charge < -0.3 is 15.5 Å². The van der Waals surface area contributed by atoms with Gasteiger partial charge in [-0.15, -0.1) is 0 Å². The second kappa shape index (κ2) is 7.27. The molecule has 3 nitrogen and oxygen atoms in total. The van der Waals surface area contributed by atoms with Gasteiger partial charge in [0.05, 0.1) is 0 Å². The van der Waals surface area contributed by atoms with Crippen LogP contribution in [0.15, 0.2) is 54.6 Å². The fourth-order valence-corrected chi connectivity index (χ4v) is 2.96. The lowest BCUT2D eigenvalue weighted by Gasteiger charge is -2.28. The Kier molecular flexibility index (Phi) is 4.91. The molecule has 1 fully saturated rings. The molecule has 0 amide bonds. The van der Waals surface area contributed by atoms with E-state index in [-0.39, 0.29) is 0 Å². The summed E-state index contributed by atoms with van der Waals surface area (Å²) in [5.41, 5.74) is 3.30. The largest absolute Gasteiger partial charge is 0.372 e. The molecule has 0 radical (unpaired) electrons. The molecular weight excluding hydrogens is 290 g/mol. The van der Waals surface area contributed by atoms with E-state index in [0.29, 0.717) is 5.11 Å². The molecule has 1 aliphatic heterocycles. The Bertz CT molecular complexity index is 604. The molecule has 1 aliphatic rings. The Morgan fingerprint density at radius 2 is 1.36 bits per heavy atom. The van der Waals surface area contributed by atoms with E-state index >= 15 is 0 Å². The van der Waals surface area contributed by atoms with Crippen molar-refractivity contribution in [3.63, 3.8) is 0 Å². The third-order valence-corrected chi connectivity index (χ3v) is 4.08. The number of hydrogen-bond acceptors (Lipinski definition) is 2. The van der Waals surface area contributed by atoms with Crippen molar-refractivity contribution in [2.24, 2.45) is 0 Å². The lowest BCUT2D eigenvalue weighted by molar-refractivity contribution is 0.578. The molecule has 2 aromatic carbocycles. The minimum atomic E-state index is 0.608. The molecule has 0 bridgehead atoms. The van der Waals surface area contributed by atoms with Crippen molar-refractivity contribution in [2.75, 3.05) is 28.6 Å². The fourth-order valence-electron chi connectivity index (χ4n) is 2.72. The Hall–Kier alpha value is -2.07. The standard InChI is InChI=1S/C18H21N3S/c22-18(19-15-7-3-1-4-8-15)20-16-9-11-17(12-10-16)21-13-5-2-6-14-21/h1,3-4,7-12H,2,5-6,13-14H2,(H2,19,20,22). The number of thiocarbonyl (C=S) groups is 1. The average Bonchev–Trinajstić information content (AvgIpc) is 2.57. The highest BCUT2D eigenvalue weighted by molar-refractivity contribution is 7.80. The van der Waals surface area contributed by atoms with Crippen LogP contribution in [0.3, 0.4) is 0 Å². The van der Waals surface area contributed by atoms with E-state index in [1.807, 2.05) is 30.3 Å². The Morgan fingerprint density at radius 3 is 2.00 bits per heavy atom. The maximum absolute atomic E-state index is 5.34. The van der Waals surface area contributed by atoms with E-state index in [9.17, 15) is 0 Å². The van der Waals surface area contributed by atoms with Gasteiger partial charge >= 0.3 is 0 Å². The number of hydrogen-bond donors (Lipinski definition) is 2. The normalized spacial score (nSPS) is 14.5. The van der Waals surface area contributed by atoms with Gasteiger partial charge in [0.15, 0.2) is 5.11 Å². The molecule has 0 spiro atoms. The lowest BCUT2D eigenvalue weighted by Crippen LogP contribution is -2.29. The third kappa shape index (κ3) is 3.98. The first kappa shape index (κ1) is 14.9. The van der Waals surface area contributed by atoms with E-state index in [2.05, 4.69) is 39.8 Å². The van der Waals surface area contributed by atoms with Crippen LogP contribution < -0.4 is 15.5 Å². The SMILES string of the molecule is S=C(Nc1ccccc1)Nc1ccc(N2CCCCC2)cc1. The smallest absolute Gasteiger partial charge is 0.175 e. The van der Waals surface area contributed by atoms with Crippen LogP contribution in [0.25, 0.3) is 0 Å². The molecule has 0 aromatic heterocycles. The molecular formula is C18H21N3S. The molecule has 2 N–H and O–H groups in total. The van der Waals surface area contributed by atoms with Crippen LogP contribution in [0, 0.1) is 0 Å². The van der Waals surface area contributed by atoms with Crippen LogP contribution in [0.5, 0.6) is 0 Å². The Balaban J connectivity index is 1.57. The van der Waals surface area contributed by atoms with Gasteiger partial charge in [-0.05, 0) is 67.9 Å². The molecule has 3 rings (SSSR count). The highest BCUT2D eigenvalue weighted by Gasteiger charge is 2.10. The number of rotatable bonds is 3. The number of nitrogens with zero attached hydrogens (tertiary/aromatic N) is 1. The molecule has 0 unspecified atom stereocenters. The zero-order valence-electron chi connectivity index (χ0n) is 12.6. The van der Waals surface area contributed by atoms with Gasteiger partial charge in [-0.1, -0.05) is 18.2 Å². The monoisotopic (exact) mass is 311 g/mol. The van der Waals surface area contributed by atoms with E-state index in [0.717, 1.165) is 11.4 Å². The quantitative estimate of drug-likeness (QED) is 0.817. The van der Waals surface area contributed by atoms with Crippen LogP contribution in [0.2, 0.25) is 0 Å². The lowest BCUT2D eigenvalue weighted by atomic mass is 10.1. The maximum Gasteiger partial charge on any atom is 0.175 e. The van der Waals surface area contributed by atoms with Crippen molar-refractivity contribution in [3.05, 3.63) is 54.6 Å². The van der Waals surface area contributed by atoms with Crippen molar-refractivity contribution in [3.8, 4) is 0 Å². The van der Waals surface area contributed by atoms with Gasteiger partial charge in [0, 0.05) is 30.2 Å². The fraction of sp³-hybridized carbons (Fsp3) is 0.278. The van der Waals surface area contributed by atoms with E-state index in [1.54, 1.807) is 0 Å². The summed E-state index contributed by atoms with van der Waals surface area (Å²) in [6.07, 6.45) is 3.95. The molecule has 1 heterocycles. The van der Waals surface area contributed by atoms with Gasteiger partial charge in [0.1, 0.15) is 0 Å². The van der Waals surface area contributed by atoms with Crippen molar-refractivity contribution in [1.82, 2.24) is 0 Å². The topological polar surface area (TPSA) is 27.3 Å². The minimum Gasteiger partial charge on any atom is -0.372 e. The van der Waals surface area contributed by atoms with Crippen molar-refractivity contribution in [1.29, 1.82) is 0 Å². The summed E-state index contributed by atoms with van der Waals surface area (Å²) in [7, 11) is 0. The molecule has 114 valence electrons. The number of anilines is 3. The van der Waals surface area contributed by atoms with Crippen LogP contribution in [0.4, 0.5) is 17.1 Å². The summed E-state index contributed by atoms with van der Waals surface area (Å²) in [5, 5.41) is 7.01. The van der Waals surface area contributed by atoms with Crippen LogP contribution in [-0.2, 0) is 0 Å². The Labute approximate surface area is 137 Å². The molecule has 4 heteroatoms. The number of benzene rings is 2. The van der Waals surface area contributed by atoms with Crippen molar-refractivity contribution in [2.45, 2.75) is 19.3 Å². The van der Waals surface area contributed by atoms with E-state index in [4.69, 9.17) is 12.2 Å². The summed E-state index contributed by atoms with van der Waals surface area (Å²) in [6.45, 7) is 2.33. The Morgan fingerprint density at radius 1 is 0.773 bits per heavy atom. The zero-order valence-corrected chi connectivity index (χ0v) is 13.4. The maximum atomic E-state index is 5.34. The van der Waals surface area contributed by atoms with Crippen molar-refractivity contribution >= 4 is 34.4 Å². The second-order valence-corrected chi connectivity index (χ2v) is 5.95. The van der Waals surface area contributed by atoms with Gasteiger partial charge in [-0.2, -0.15) is 0 Å². The van der Waals surface area contributed by atoms with Gasteiger partial charge in [-0.3, -0.25) is 0 Å². The predicted octanol–water partition coefficient (Wildman–Crippen LogP) is 4.49. The molecule has 1 saturated heterocycles. The second-order valence-electron chi connectivity index (χ2n) is 5.54. The van der Waals surface area contributed by atoms with E-state index in [1.165, 1.54) is 38.0 Å². The van der Waals surface area contributed by atoms with Gasteiger partial charge in [0.25, 0.3) is 0 Å². The summed E-state index contributed by atoms with van der Waals surface area (Å²) < 4.78 is 0. The number of nitrogens with one attached hydrogen (secondary N) is 2. The highest BCUT2D eigenvalue weighted by atomic mass is 32.1. The zero-order chi connectivity index (χ0) is 15.2. The van der Waals surface area contributed by atoms with Gasteiger partial charge in [0.2, 0.25) is 0 Å². The van der Waals surface area contributed by atoms with Gasteiger partial charge in [-0.25, -0.2) is 0 Å². The summed E-state index contributed by atoms with van der Waals surface area (Å²) in [6, 6.07) is 18.4. The first-order valence-corrected chi connectivity index (χ1v) is 8.20. The van der Waals surface area contributed by atoms with Crippen LogP contribution in [-0.4, -0.2) is 18.2 Å². The molecule has 22 heavy (non-hydrogen) atoms.